The molecule has 0 radical (unpaired) electrons. The van der Waals surface area contributed by atoms with Gasteiger partial charge in [0.25, 0.3) is 5.91 Å². The van der Waals surface area contributed by atoms with E-state index >= 15 is 0 Å². The van der Waals surface area contributed by atoms with Crippen LogP contribution in [0.15, 0.2) is 35.5 Å². The molecular formula is C16H16F3N3OS. The van der Waals surface area contributed by atoms with E-state index < -0.39 is 17.6 Å². The zero-order valence-corrected chi connectivity index (χ0v) is 14.2. The van der Waals surface area contributed by atoms with Crippen LogP contribution >= 0.6 is 11.8 Å². The van der Waals surface area contributed by atoms with Gasteiger partial charge in [0.2, 0.25) is 0 Å². The van der Waals surface area contributed by atoms with Crippen molar-refractivity contribution in [3.05, 3.63) is 47.4 Å². The Balaban J connectivity index is 2.38. The third-order valence-corrected chi connectivity index (χ3v) is 4.14. The Kier molecular flexibility index (Phi) is 5.48. The number of anilines is 1. The molecule has 0 aromatic carbocycles. The van der Waals surface area contributed by atoms with Gasteiger partial charge in [-0.1, -0.05) is 13.0 Å². The Labute approximate surface area is 142 Å². The molecule has 0 saturated heterocycles. The van der Waals surface area contributed by atoms with Crippen LogP contribution in [-0.2, 0) is 6.18 Å². The molecule has 0 fully saturated rings. The third kappa shape index (κ3) is 4.05. The van der Waals surface area contributed by atoms with Gasteiger partial charge in [-0.15, -0.1) is 11.8 Å². The van der Waals surface area contributed by atoms with Crippen molar-refractivity contribution in [1.82, 2.24) is 9.97 Å². The number of nitrogens with zero attached hydrogens (tertiary/aromatic N) is 3. The van der Waals surface area contributed by atoms with Gasteiger partial charge in [-0.05, 0) is 30.4 Å². The summed E-state index contributed by atoms with van der Waals surface area (Å²) in [5.41, 5.74) is 0.0559. The maximum Gasteiger partial charge on any atom is 0.417 e. The van der Waals surface area contributed by atoms with Gasteiger partial charge >= 0.3 is 6.18 Å². The fourth-order valence-corrected chi connectivity index (χ4v) is 2.75. The molecule has 0 saturated carbocycles. The largest absolute Gasteiger partial charge is 0.417 e. The molecule has 24 heavy (non-hydrogen) atoms. The van der Waals surface area contributed by atoms with Crippen LogP contribution in [0.4, 0.5) is 19.0 Å². The van der Waals surface area contributed by atoms with E-state index in [0.29, 0.717) is 17.8 Å². The molecule has 128 valence electrons. The lowest BCUT2D eigenvalue weighted by molar-refractivity contribution is -0.138. The molecule has 4 nitrogen and oxygen atoms in total. The van der Waals surface area contributed by atoms with Crippen molar-refractivity contribution in [2.75, 3.05) is 17.7 Å². The molecule has 0 unspecified atom stereocenters. The summed E-state index contributed by atoms with van der Waals surface area (Å²) in [7, 11) is 1.51. The van der Waals surface area contributed by atoms with E-state index in [-0.39, 0.29) is 10.6 Å². The van der Waals surface area contributed by atoms with E-state index in [0.717, 1.165) is 23.4 Å². The Bertz CT molecular complexity index is 732. The van der Waals surface area contributed by atoms with Crippen molar-refractivity contribution >= 4 is 23.5 Å². The minimum absolute atomic E-state index is 0.0141. The predicted molar refractivity (Wildman–Crippen MR) is 87.3 cm³/mol. The Morgan fingerprint density at radius 2 is 1.96 bits per heavy atom. The molecule has 2 rings (SSSR count). The Hall–Kier alpha value is -2.09. The summed E-state index contributed by atoms with van der Waals surface area (Å²) >= 11 is 1.15. The minimum Gasteiger partial charge on any atom is -0.294 e. The highest BCUT2D eigenvalue weighted by Gasteiger charge is 2.32. The van der Waals surface area contributed by atoms with Gasteiger partial charge in [-0.25, -0.2) is 9.97 Å². The lowest BCUT2D eigenvalue weighted by Crippen LogP contribution is -2.28. The van der Waals surface area contributed by atoms with Crippen molar-refractivity contribution in [2.24, 2.45) is 0 Å². The number of rotatable bonds is 4. The summed E-state index contributed by atoms with van der Waals surface area (Å²) in [4.78, 5) is 22.0. The molecule has 0 aliphatic rings. The van der Waals surface area contributed by atoms with E-state index in [1.807, 2.05) is 6.92 Å². The maximum absolute atomic E-state index is 12.8. The highest BCUT2D eigenvalue weighted by atomic mass is 32.2. The number of thioether (sulfide) groups is 1. The third-order valence-electron chi connectivity index (χ3n) is 3.23. The van der Waals surface area contributed by atoms with E-state index in [2.05, 4.69) is 9.97 Å². The number of aryl methyl sites for hydroxylation is 1. The van der Waals surface area contributed by atoms with Crippen LogP contribution in [0.2, 0.25) is 0 Å². The standard InChI is InChI=1S/C16H16F3N3OS/c1-4-24-12-7-11(16(17,18)19)9-21-14(12)15(23)22(3)13-6-5-10(2)8-20-13/h5-9H,4H2,1-3H3. The Morgan fingerprint density at radius 3 is 2.50 bits per heavy atom. The second kappa shape index (κ2) is 7.21. The first-order chi connectivity index (χ1) is 11.2. The number of aromatic nitrogens is 2. The summed E-state index contributed by atoms with van der Waals surface area (Å²) in [6.45, 7) is 3.66. The summed E-state index contributed by atoms with van der Waals surface area (Å²) in [6, 6.07) is 4.43. The monoisotopic (exact) mass is 355 g/mol. The molecule has 0 bridgehead atoms. The molecular weight excluding hydrogens is 339 g/mol. The second-order valence-corrected chi connectivity index (χ2v) is 6.37. The maximum atomic E-state index is 12.8. The molecule has 2 aromatic rings. The normalized spacial score (nSPS) is 11.4. The number of halogens is 3. The van der Waals surface area contributed by atoms with Crippen LogP contribution in [0.3, 0.4) is 0 Å². The van der Waals surface area contributed by atoms with Gasteiger partial charge in [-0.2, -0.15) is 13.2 Å². The summed E-state index contributed by atoms with van der Waals surface area (Å²) in [5, 5.41) is 0. The number of hydrogen-bond donors (Lipinski definition) is 0. The highest BCUT2D eigenvalue weighted by Crippen LogP contribution is 2.33. The number of carbonyl (C=O) groups excluding carboxylic acids is 1. The number of carbonyl (C=O) groups is 1. The van der Waals surface area contributed by atoms with Gasteiger partial charge in [-0.3, -0.25) is 9.69 Å². The topological polar surface area (TPSA) is 46.1 Å². The molecule has 0 aliphatic heterocycles. The van der Waals surface area contributed by atoms with Crippen LogP contribution in [-0.4, -0.2) is 28.7 Å². The zero-order chi connectivity index (χ0) is 17.9. The van der Waals surface area contributed by atoms with E-state index in [4.69, 9.17) is 0 Å². The molecule has 0 atom stereocenters. The summed E-state index contributed by atoms with van der Waals surface area (Å²) in [6.07, 6.45) is -2.20. The molecule has 0 N–H and O–H groups in total. The lowest BCUT2D eigenvalue weighted by Gasteiger charge is -2.18. The fraction of sp³-hybridized carbons (Fsp3) is 0.312. The molecule has 2 heterocycles. The van der Waals surface area contributed by atoms with Crippen molar-refractivity contribution < 1.29 is 18.0 Å². The zero-order valence-electron chi connectivity index (χ0n) is 13.4. The van der Waals surface area contributed by atoms with Crippen LogP contribution < -0.4 is 4.90 Å². The predicted octanol–water partition coefficient (Wildman–Crippen LogP) is 4.19. The molecule has 0 aliphatic carbocycles. The first kappa shape index (κ1) is 18.3. The van der Waals surface area contributed by atoms with Crippen molar-refractivity contribution in [2.45, 2.75) is 24.9 Å². The van der Waals surface area contributed by atoms with Crippen molar-refractivity contribution in [1.29, 1.82) is 0 Å². The fourth-order valence-electron chi connectivity index (χ4n) is 1.95. The van der Waals surface area contributed by atoms with Gasteiger partial charge in [0.1, 0.15) is 11.5 Å². The molecule has 2 aromatic heterocycles. The molecule has 0 spiro atoms. The van der Waals surface area contributed by atoms with Crippen LogP contribution in [0.1, 0.15) is 28.5 Å². The lowest BCUT2D eigenvalue weighted by atomic mass is 10.2. The van der Waals surface area contributed by atoms with E-state index in [1.165, 1.54) is 11.9 Å². The van der Waals surface area contributed by atoms with E-state index in [9.17, 15) is 18.0 Å². The SMILES string of the molecule is CCSc1cc(C(F)(F)F)cnc1C(=O)N(C)c1ccc(C)cn1. The van der Waals surface area contributed by atoms with Gasteiger partial charge in [0.05, 0.1) is 5.56 Å². The Morgan fingerprint density at radius 1 is 1.25 bits per heavy atom. The number of hydrogen-bond acceptors (Lipinski definition) is 4. The highest BCUT2D eigenvalue weighted by molar-refractivity contribution is 7.99. The smallest absolute Gasteiger partial charge is 0.294 e. The number of alkyl halides is 3. The molecule has 1 amide bonds. The average molecular weight is 355 g/mol. The van der Waals surface area contributed by atoms with Gasteiger partial charge in [0.15, 0.2) is 0 Å². The van der Waals surface area contributed by atoms with Crippen molar-refractivity contribution in [3.8, 4) is 0 Å². The number of amides is 1. The van der Waals surface area contributed by atoms with Crippen LogP contribution in [0.5, 0.6) is 0 Å². The second-order valence-electron chi connectivity index (χ2n) is 5.06. The van der Waals surface area contributed by atoms with Crippen molar-refractivity contribution in [3.63, 3.8) is 0 Å². The number of pyridine rings is 2. The first-order valence-corrected chi connectivity index (χ1v) is 8.13. The van der Waals surface area contributed by atoms with Gasteiger partial charge < -0.3 is 0 Å². The van der Waals surface area contributed by atoms with Crippen LogP contribution in [0.25, 0.3) is 0 Å². The molecule has 8 heteroatoms. The van der Waals surface area contributed by atoms with E-state index in [1.54, 1.807) is 25.3 Å². The van der Waals surface area contributed by atoms with Crippen LogP contribution in [0, 0.1) is 6.92 Å². The summed E-state index contributed by atoms with van der Waals surface area (Å²) in [5.74, 6) is 0.422. The summed E-state index contributed by atoms with van der Waals surface area (Å²) < 4.78 is 38.5. The van der Waals surface area contributed by atoms with Gasteiger partial charge in [0, 0.05) is 24.3 Å². The average Bonchev–Trinajstić information content (AvgIpc) is 2.53. The quantitative estimate of drug-likeness (QED) is 0.772. The minimum atomic E-state index is -4.50. The first-order valence-electron chi connectivity index (χ1n) is 7.14.